The number of urea groups is 1. The first-order chi connectivity index (χ1) is 6.24. The van der Waals surface area contributed by atoms with E-state index < -0.39 is 0 Å². The van der Waals surface area contributed by atoms with Gasteiger partial charge in [-0.05, 0) is 38.1 Å². The third kappa shape index (κ3) is 3.22. The van der Waals surface area contributed by atoms with Crippen LogP contribution in [-0.4, -0.2) is 30.6 Å². The summed E-state index contributed by atoms with van der Waals surface area (Å²) in [5.74, 6) is 0.616. The number of primary amides is 1. The van der Waals surface area contributed by atoms with Crippen LogP contribution in [0.5, 0.6) is 0 Å². The molecule has 1 heterocycles. The Kier molecular flexibility index (Phi) is 4.02. The average molecular weight is 185 g/mol. The molecule has 2 amide bonds. The predicted molar refractivity (Wildman–Crippen MR) is 52.2 cm³/mol. The number of hydrogen-bond donors (Lipinski definition) is 2. The van der Waals surface area contributed by atoms with Crippen LogP contribution in [0.3, 0.4) is 0 Å². The number of carbonyl (C=O) groups excluding carboxylic acids is 1. The first kappa shape index (κ1) is 10.3. The first-order valence-corrected chi connectivity index (χ1v) is 4.98. The van der Waals surface area contributed by atoms with E-state index in [1.165, 1.54) is 6.42 Å². The third-order valence-corrected chi connectivity index (χ3v) is 2.65. The maximum atomic E-state index is 10.9. The van der Waals surface area contributed by atoms with Gasteiger partial charge >= 0.3 is 6.03 Å². The Balaban J connectivity index is 2.29. The fourth-order valence-electron chi connectivity index (χ4n) is 1.91. The van der Waals surface area contributed by atoms with Gasteiger partial charge in [0.1, 0.15) is 0 Å². The van der Waals surface area contributed by atoms with Gasteiger partial charge in [-0.3, -0.25) is 0 Å². The molecule has 0 aromatic rings. The molecule has 76 valence electrons. The Hall–Kier alpha value is -0.770. The first-order valence-electron chi connectivity index (χ1n) is 4.98. The van der Waals surface area contributed by atoms with E-state index in [0.717, 1.165) is 38.9 Å². The Labute approximate surface area is 79.3 Å². The lowest BCUT2D eigenvalue weighted by molar-refractivity contribution is 0.170. The zero-order chi connectivity index (χ0) is 9.68. The minimum atomic E-state index is -0.280. The summed E-state index contributed by atoms with van der Waals surface area (Å²) in [4.78, 5) is 12.6. The van der Waals surface area contributed by atoms with E-state index in [9.17, 15) is 4.79 Å². The number of piperidine rings is 1. The number of amides is 2. The van der Waals surface area contributed by atoms with Crippen LogP contribution in [0.25, 0.3) is 0 Å². The molecule has 1 unspecified atom stereocenters. The topological polar surface area (TPSA) is 72.3 Å². The van der Waals surface area contributed by atoms with Crippen molar-refractivity contribution >= 4 is 6.03 Å². The fourth-order valence-corrected chi connectivity index (χ4v) is 1.91. The van der Waals surface area contributed by atoms with Crippen LogP contribution in [0.1, 0.15) is 25.7 Å². The van der Waals surface area contributed by atoms with E-state index in [2.05, 4.69) is 0 Å². The van der Waals surface area contributed by atoms with Crippen LogP contribution < -0.4 is 11.5 Å². The normalized spacial score (nSPS) is 23.2. The molecular weight excluding hydrogens is 166 g/mol. The van der Waals surface area contributed by atoms with Crippen molar-refractivity contribution in [3.05, 3.63) is 0 Å². The van der Waals surface area contributed by atoms with Crippen LogP contribution in [0.2, 0.25) is 0 Å². The molecule has 13 heavy (non-hydrogen) atoms. The summed E-state index contributed by atoms with van der Waals surface area (Å²) in [6.07, 6.45) is 4.47. The second-order valence-corrected chi connectivity index (χ2v) is 3.72. The zero-order valence-electron chi connectivity index (χ0n) is 8.04. The zero-order valence-corrected chi connectivity index (χ0v) is 8.04. The van der Waals surface area contributed by atoms with Crippen molar-refractivity contribution < 1.29 is 4.79 Å². The lowest BCUT2D eigenvalue weighted by Crippen LogP contribution is -2.42. The van der Waals surface area contributed by atoms with Gasteiger partial charge in [0, 0.05) is 13.1 Å². The number of rotatable bonds is 3. The minimum Gasteiger partial charge on any atom is -0.351 e. The summed E-state index contributed by atoms with van der Waals surface area (Å²) >= 11 is 0. The second-order valence-electron chi connectivity index (χ2n) is 3.72. The van der Waals surface area contributed by atoms with Crippen LogP contribution >= 0.6 is 0 Å². The number of likely N-dealkylation sites (tertiary alicyclic amines) is 1. The van der Waals surface area contributed by atoms with E-state index in [4.69, 9.17) is 11.5 Å². The lowest BCUT2D eigenvalue weighted by atomic mass is 9.94. The summed E-state index contributed by atoms with van der Waals surface area (Å²) in [6.45, 7) is 2.40. The summed E-state index contributed by atoms with van der Waals surface area (Å²) in [6, 6.07) is -0.280. The second kappa shape index (κ2) is 5.07. The largest absolute Gasteiger partial charge is 0.351 e. The van der Waals surface area contributed by atoms with Gasteiger partial charge in [-0.2, -0.15) is 0 Å². The number of hydrogen-bond acceptors (Lipinski definition) is 2. The highest BCUT2D eigenvalue weighted by atomic mass is 16.2. The van der Waals surface area contributed by atoms with Crippen molar-refractivity contribution in [2.24, 2.45) is 17.4 Å². The SMILES string of the molecule is NCCCC1CCCN(C(N)=O)C1. The smallest absolute Gasteiger partial charge is 0.314 e. The van der Waals surface area contributed by atoms with Gasteiger partial charge in [0.05, 0.1) is 0 Å². The van der Waals surface area contributed by atoms with E-state index in [0.29, 0.717) is 5.92 Å². The van der Waals surface area contributed by atoms with E-state index in [-0.39, 0.29) is 6.03 Å². The van der Waals surface area contributed by atoms with Crippen molar-refractivity contribution in [2.75, 3.05) is 19.6 Å². The molecule has 0 bridgehead atoms. The number of nitrogens with two attached hydrogens (primary N) is 2. The van der Waals surface area contributed by atoms with E-state index >= 15 is 0 Å². The molecule has 0 aliphatic carbocycles. The Morgan fingerprint density at radius 2 is 2.31 bits per heavy atom. The molecule has 1 fully saturated rings. The quantitative estimate of drug-likeness (QED) is 0.672. The molecule has 0 aromatic carbocycles. The van der Waals surface area contributed by atoms with Crippen molar-refractivity contribution in [2.45, 2.75) is 25.7 Å². The number of carbonyl (C=O) groups is 1. The van der Waals surface area contributed by atoms with Crippen molar-refractivity contribution in [1.29, 1.82) is 0 Å². The van der Waals surface area contributed by atoms with Gasteiger partial charge in [0.25, 0.3) is 0 Å². The summed E-state index contributed by atoms with van der Waals surface area (Å²) in [5.41, 5.74) is 10.7. The van der Waals surface area contributed by atoms with E-state index in [1.807, 2.05) is 0 Å². The average Bonchev–Trinajstić information content (AvgIpc) is 2.15. The summed E-state index contributed by atoms with van der Waals surface area (Å²) in [5, 5.41) is 0. The maximum Gasteiger partial charge on any atom is 0.314 e. The molecule has 1 aliphatic heterocycles. The maximum absolute atomic E-state index is 10.9. The summed E-state index contributed by atoms with van der Waals surface area (Å²) < 4.78 is 0. The molecule has 4 N–H and O–H groups in total. The highest BCUT2D eigenvalue weighted by Crippen LogP contribution is 2.20. The molecule has 0 spiro atoms. The molecule has 0 aromatic heterocycles. The monoisotopic (exact) mass is 185 g/mol. The molecule has 4 heteroatoms. The van der Waals surface area contributed by atoms with Crippen molar-refractivity contribution in [3.63, 3.8) is 0 Å². The van der Waals surface area contributed by atoms with Crippen LogP contribution in [0, 0.1) is 5.92 Å². The van der Waals surface area contributed by atoms with Crippen LogP contribution in [0.15, 0.2) is 0 Å². The molecule has 1 aliphatic rings. The minimum absolute atomic E-state index is 0.280. The van der Waals surface area contributed by atoms with Crippen LogP contribution in [-0.2, 0) is 0 Å². The van der Waals surface area contributed by atoms with Gasteiger partial charge in [0.2, 0.25) is 0 Å². The highest BCUT2D eigenvalue weighted by molar-refractivity contribution is 5.72. The fraction of sp³-hybridized carbons (Fsp3) is 0.889. The Morgan fingerprint density at radius 3 is 2.92 bits per heavy atom. The Bertz CT molecular complexity index is 172. The lowest BCUT2D eigenvalue weighted by Gasteiger charge is -2.31. The predicted octanol–water partition coefficient (Wildman–Crippen LogP) is 0.516. The van der Waals surface area contributed by atoms with Gasteiger partial charge in [-0.25, -0.2) is 4.79 Å². The van der Waals surface area contributed by atoms with Crippen molar-refractivity contribution in [3.8, 4) is 0 Å². The molecule has 0 saturated carbocycles. The van der Waals surface area contributed by atoms with Gasteiger partial charge < -0.3 is 16.4 Å². The Morgan fingerprint density at radius 1 is 1.54 bits per heavy atom. The van der Waals surface area contributed by atoms with Crippen molar-refractivity contribution in [1.82, 2.24) is 4.90 Å². The molecule has 4 nitrogen and oxygen atoms in total. The van der Waals surface area contributed by atoms with Gasteiger partial charge in [0.15, 0.2) is 0 Å². The molecule has 1 saturated heterocycles. The highest BCUT2D eigenvalue weighted by Gasteiger charge is 2.21. The third-order valence-electron chi connectivity index (χ3n) is 2.65. The molecule has 1 atom stereocenters. The van der Waals surface area contributed by atoms with Gasteiger partial charge in [-0.1, -0.05) is 0 Å². The van der Waals surface area contributed by atoms with Crippen LogP contribution in [0.4, 0.5) is 4.79 Å². The summed E-state index contributed by atoms with van der Waals surface area (Å²) in [7, 11) is 0. The molecular formula is C9H19N3O. The molecule has 0 radical (unpaired) electrons. The standard InChI is InChI=1S/C9H19N3O/c10-5-1-3-8-4-2-6-12(7-8)9(11)13/h8H,1-7,10H2,(H2,11,13). The van der Waals surface area contributed by atoms with Gasteiger partial charge in [-0.15, -0.1) is 0 Å². The number of nitrogens with zero attached hydrogens (tertiary/aromatic N) is 1. The molecule has 1 rings (SSSR count). The van der Waals surface area contributed by atoms with E-state index in [1.54, 1.807) is 4.90 Å².